The Kier molecular flexibility index (Phi) is 4.00. The lowest BCUT2D eigenvalue weighted by Gasteiger charge is -2.21. The van der Waals surface area contributed by atoms with E-state index >= 15 is 0 Å². The van der Waals surface area contributed by atoms with Crippen LogP contribution < -0.4 is 0 Å². The Morgan fingerprint density at radius 3 is 2.87 bits per heavy atom. The Morgan fingerprint density at radius 2 is 2.13 bits per heavy atom. The minimum absolute atomic E-state index is 0.345. The van der Waals surface area contributed by atoms with Gasteiger partial charge in [0.25, 0.3) is 0 Å². The highest BCUT2D eigenvalue weighted by atomic mass is 16.5. The van der Waals surface area contributed by atoms with Gasteiger partial charge >= 0.3 is 0 Å². The van der Waals surface area contributed by atoms with Crippen LogP contribution in [0.25, 0.3) is 0 Å². The van der Waals surface area contributed by atoms with Crippen molar-refractivity contribution < 1.29 is 9.84 Å². The average molecular weight is 213 g/mol. The summed E-state index contributed by atoms with van der Waals surface area (Å²) >= 11 is 0. The fraction of sp³-hybridized carbons (Fsp3) is 1.00. The van der Waals surface area contributed by atoms with Crippen LogP contribution >= 0.6 is 0 Å². The zero-order valence-electron chi connectivity index (χ0n) is 9.58. The number of hydrogen-bond donors (Lipinski definition) is 1. The van der Waals surface area contributed by atoms with E-state index in [-0.39, 0.29) is 0 Å². The molecular formula is C12H23NO2. The highest BCUT2D eigenvalue weighted by Gasteiger charge is 2.40. The third kappa shape index (κ3) is 2.92. The van der Waals surface area contributed by atoms with Gasteiger partial charge in [0.1, 0.15) is 0 Å². The summed E-state index contributed by atoms with van der Waals surface area (Å²) < 4.78 is 5.51. The molecular weight excluding hydrogens is 190 g/mol. The smallest absolute Gasteiger partial charge is 0.0536 e. The Hall–Kier alpha value is -0.120. The summed E-state index contributed by atoms with van der Waals surface area (Å²) in [6, 6.07) is 0. The van der Waals surface area contributed by atoms with E-state index in [1.54, 1.807) is 0 Å². The molecule has 2 fully saturated rings. The van der Waals surface area contributed by atoms with E-state index in [1.807, 2.05) is 0 Å². The Bertz CT molecular complexity index is 190. The molecule has 3 nitrogen and oxygen atoms in total. The summed E-state index contributed by atoms with van der Waals surface area (Å²) in [5.41, 5.74) is 0.511. The van der Waals surface area contributed by atoms with Crippen molar-refractivity contribution in [3.63, 3.8) is 0 Å². The number of nitrogens with zero attached hydrogens (tertiary/aromatic N) is 1. The standard InChI is InChI=1S/C12H23NO2/c14-8-3-1-2-6-13-7-4-12(10-13)5-9-15-11-12/h14H,1-11H2. The van der Waals surface area contributed by atoms with E-state index in [2.05, 4.69) is 4.90 Å². The molecule has 15 heavy (non-hydrogen) atoms. The number of rotatable bonds is 5. The minimum Gasteiger partial charge on any atom is -0.396 e. The maximum absolute atomic E-state index is 8.70. The molecule has 88 valence electrons. The fourth-order valence-corrected chi connectivity index (χ4v) is 2.81. The van der Waals surface area contributed by atoms with E-state index < -0.39 is 0 Å². The SMILES string of the molecule is OCCCCCN1CCC2(CCOC2)C1. The van der Waals surface area contributed by atoms with E-state index in [9.17, 15) is 0 Å². The van der Waals surface area contributed by atoms with Crippen molar-refractivity contribution in [2.24, 2.45) is 5.41 Å². The van der Waals surface area contributed by atoms with Crippen molar-refractivity contribution in [3.05, 3.63) is 0 Å². The van der Waals surface area contributed by atoms with Gasteiger partial charge in [-0.1, -0.05) is 0 Å². The van der Waals surface area contributed by atoms with Gasteiger partial charge in [-0.15, -0.1) is 0 Å². The molecule has 0 amide bonds. The van der Waals surface area contributed by atoms with E-state index in [1.165, 1.54) is 38.9 Å². The van der Waals surface area contributed by atoms with Crippen LogP contribution in [0.3, 0.4) is 0 Å². The second-order valence-corrected chi connectivity index (χ2v) is 5.11. The first-order valence-corrected chi connectivity index (χ1v) is 6.26. The van der Waals surface area contributed by atoms with Crippen molar-refractivity contribution in [1.29, 1.82) is 0 Å². The van der Waals surface area contributed by atoms with Crippen molar-refractivity contribution in [2.75, 3.05) is 39.5 Å². The minimum atomic E-state index is 0.345. The first-order chi connectivity index (χ1) is 7.35. The number of aliphatic hydroxyl groups is 1. The van der Waals surface area contributed by atoms with E-state index in [0.29, 0.717) is 12.0 Å². The molecule has 0 bridgehead atoms. The lowest BCUT2D eigenvalue weighted by atomic mass is 9.87. The summed E-state index contributed by atoms with van der Waals surface area (Å²) in [4.78, 5) is 2.58. The summed E-state index contributed by atoms with van der Waals surface area (Å²) in [6.07, 6.45) is 5.95. The van der Waals surface area contributed by atoms with Crippen LogP contribution in [0.15, 0.2) is 0 Å². The number of ether oxygens (including phenoxy) is 1. The van der Waals surface area contributed by atoms with Gasteiger partial charge in [0.2, 0.25) is 0 Å². The molecule has 0 aromatic carbocycles. The molecule has 2 rings (SSSR count). The quantitative estimate of drug-likeness (QED) is 0.698. The largest absolute Gasteiger partial charge is 0.396 e. The molecule has 2 aliphatic rings. The number of hydrogen-bond acceptors (Lipinski definition) is 3. The van der Waals surface area contributed by atoms with Crippen molar-refractivity contribution in [2.45, 2.75) is 32.1 Å². The summed E-state index contributed by atoms with van der Waals surface area (Å²) in [5.74, 6) is 0. The molecule has 1 spiro atoms. The molecule has 1 N–H and O–H groups in total. The first kappa shape index (κ1) is 11.4. The van der Waals surface area contributed by atoms with Crippen LogP contribution in [0.4, 0.5) is 0 Å². The Morgan fingerprint density at radius 1 is 1.20 bits per heavy atom. The van der Waals surface area contributed by atoms with Gasteiger partial charge in [0.15, 0.2) is 0 Å². The molecule has 2 aliphatic heterocycles. The zero-order valence-corrected chi connectivity index (χ0v) is 9.58. The molecule has 0 aliphatic carbocycles. The monoisotopic (exact) mass is 213 g/mol. The molecule has 3 heteroatoms. The van der Waals surface area contributed by atoms with Crippen LogP contribution in [0, 0.1) is 5.41 Å². The van der Waals surface area contributed by atoms with Crippen molar-refractivity contribution >= 4 is 0 Å². The van der Waals surface area contributed by atoms with Crippen LogP contribution in [-0.4, -0.2) is 49.5 Å². The topological polar surface area (TPSA) is 32.7 Å². The maximum Gasteiger partial charge on any atom is 0.0536 e. The van der Waals surface area contributed by atoms with Crippen LogP contribution in [0.5, 0.6) is 0 Å². The maximum atomic E-state index is 8.70. The van der Waals surface area contributed by atoms with Gasteiger partial charge in [-0.05, 0) is 45.2 Å². The molecule has 1 atom stereocenters. The second-order valence-electron chi connectivity index (χ2n) is 5.11. The third-order valence-corrected chi connectivity index (χ3v) is 3.83. The molecule has 2 saturated heterocycles. The van der Waals surface area contributed by atoms with Gasteiger partial charge in [-0.2, -0.15) is 0 Å². The van der Waals surface area contributed by atoms with Crippen LogP contribution in [-0.2, 0) is 4.74 Å². The molecule has 0 radical (unpaired) electrons. The highest BCUT2D eigenvalue weighted by Crippen LogP contribution is 2.38. The summed E-state index contributed by atoms with van der Waals surface area (Å²) in [5, 5.41) is 8.70. The molecule has 2 heterocycles. The first-order valence-electron chi connectivity index (χ1n) is 6.26. The molecule has 0 aromatic rings. The number of aliphatic hydroxyl groups excluding tert-OH is 1. The van der Waals surface area contributed by atoms with Crippen molar-refractivity contribution in [3.8, 4) is 0 Å². The Balaban J connectivity index is 1.64. The highest BCUT2D eigenvalue weighted by molar-refractivity contribution is 4.92. The lowest BCUT2D eigenvalue weighted by molar-refractivity contribution is 0.152. The summed E-state index contributed by atoms with van der Waals surface area (Å²) in [6.45, 7) is 6.01. The van der Waals surface area contributed by atoms with Gasteiger partial charge in [0.05, 0.1) is 6.61 Å². The summed E-state index contributed by atoms with van der Waals surface area (Å²) in [7, 11) is 0. The fourth-order valence-electron chi connectivity index (χ4n) is 2.81. The normalized spacial score (nSPS) is 31.8. The second kappa shape index (κ2) is 5.28. The molecule has 0 saturated carbocycles. The molecule has 0 aromatic heterocycles. The van der Waals surface area contributed by atoms with Crippen LogP contribution in [0.1, 0.15) is 32.1 Å². The predicted molar refractivity (Wildman–Crippen MR) is 59.9 cm³/mol. The molecule has 1 unspecified atom stereocenters. The van der Waals surface area contributed by atoms with Gasteiger partial charge in [-0.25, -0.2) is 0 Å². The Labute approximate surface area is 92.4 Å². The van der Waals surface area contributed by atoms with Crippen LogP contribution in [0.2, 0.25) is 0 Å². The predicted octanol–water partition coefficient (Wildman–Crippen LogP) is 1.26. The number of likely N-dealkylation sites (tertiary alicyclic amines) is 1. The van der Waals surface area contributed by atoms with Crippen molar-refractivity contribution in [1.82, 2.24) is 4.90 Å². The van der Waals surface area contributed by atoms with Gasteiger partial charge in [0, 0.05) is 25.2 Å². The lowest BCUT2D eigenvalue weighted by Crippen LogP contribution is -2.28. The van der Waals surface area contributed by atoms with E-state index in [0.717, 1.165) is 26.1 Å². The average Bonchev–Trinajstić information content (AvgIpc) is 2.85. The zero-order chi connectivity index (χ0) is 10.6. The van der Waals surface area contributed by atoms with Gasteiger partial charge < -0.3 is 14.7 Å². The third-order valence-electron chi connectivity index (χ3n) is 3.83. The number of unbranched alkanes of at least 4 members (excludes halogenated alkanes) is 2. The van der Waals surface area contributed by atoms with Gasteiger partial charge in [-0.3, -0.25) is 0 Å². The van der Waals surface area contributed by atoms with E-state index in [4.69, 9.17) is 9.84 Å².